The SMILES string of the molecule is O=C(CCc1ccsc1)OCc1cc(=O)oc2cc3c(cc12)CCC3. The third kappa shape index (κ3) is 3.51. The van der Waals surface area contributed by atoms with E-state index in [9.17, 15) is 9.59 Å². The van der Waals surface area contributed by atoms with Crippen LogP contribution in [-0.4, -0.2) is 5.97 Å². The predicted molar refractivity (Wildman–Crippen MR) is 96.9 cm³/mol. The predicted octanol–water partition coefficient (Wildman–Crippen LogP) is 4.02. The first-order chi connectivity index (χ1) is 12.2. The first-order valence-corrected chi connectivity index (χ1v) is 9.38. The highest BCUT2D eigenvalue weighted by Crippen LogP contribution is 2.28. The number of hydrogen-bond acceptors (Lipinski definition) is 5. The van der Waals surface area contributed by atoms with E-state index in [0.717, 1.165) is 30.2 Å². The molecular formula is C20H18O4S. The summed E-state index contributed by atoms with van der Waals surface area (Å²) in [4.78, 5) is 23.8. The first-order valence-electron chi connectivity index (χ1n) is 8.44. The van der Waals surface area contributed by atoms with Crippen molar-refractivity contribution in [3.63, 3.8) is 0 Å². The van der Waals surface area contributed by atoms with Gasteiger partial charge >= 0.3 is 11.6 Å². The summed E-state index contributed by atoms with van der Waals surface area (Å²) in [6.07, 6.45) is 4.21. The molecule has 0 saturated carbocycles. The highest BCUT2D eigenvalue weighted by molar-refractivity contribution is 7.07. The van der Waals surface area contributed by atoms with E-state index in [-0.39, 0.29) is 12.6 Å². The van der Waals surface area contributed by atoms with E-state index < -0.39 is 5.63 Å². The molecule has 0 aliphatic heterocycles. The molecule has 2 heterocycles. The molecule has 4 rings (SSSR count). The lowest BCUT2D eigenvalue weighted by Gasteiger charge is -2.09. The normalized spacial score (nSPS) is 13.1. The molecule has 128 valence electrons. The number of benzene rings is 1. The molecule has 4 nitrogen and oxygen atoms in total. The zero-order valence-corrected chi connectivity index (χ0v) is 14.6. The maximum absolute atomic E-state index is 12.0. The van der Waals surface area contributed by atoms with E-state index in [1.807, 2.05) is 22.9 Å². The van der Waals surface area contributed by atoms with E-state index >= 15 is 0 Å². The van der Waals surface area contributed by atoms with Gasteiger partial charge in [-0.15, -0.1) is 0 Å². The first kappa shape index (κ1) is 16.1. The fraction of sp³-hybridized carbons (Fsp3) is 0.300. The molecule has 3 aromatic rings. The van der Waals surface area contributed by atoms with Crippen molar-refractivity contribution >= 4 is 28.3 Å². The molecule has 1 aliphatic carbocycles. The Balaban J connectivity index is 1.50. The minimum atomic E-state index is -0.408. The highest BCUT2D eigenvalue weighted by Gasteiger charge is 2.16. The molecule has 0 N–H and O–H groups in total. The summed E-state index contributed by atoms with van der Waals surface area (Å²) in [5, 5.41) is 4.89. The Kier molecular flexibility index (Phi) is 4.40. The van der Waals surface area contributed by atoms with Gasteiger partial charge in [-0.1, -0.05) is 0 Å². The van der Waals surface area contributed by atoms with E-state index in [2.05, 4.69) is 6.07 Å². The van der Waals surface area contributed by atoms with Crippen LogP contribution in [0.3, 0.4) is 0 Å². The van der Waals surface area contributed by atoms with Crippen LogP contribution in [0.5, 0.6) is 0 Å². The number of rotatable bonds is 5. The van der Waals surface area contributed by atoms with Crippen LogP contribution < -0.4 is 5.63 Å². The van der Waals surface area contributed by atoms with Crippen LogP contribution in [0.4, 0.5) is 0 Å². The summed E-state index contributed by atoms with van der Waals surface area (Å²) < 4.78 is 10.7. The van der Waals surface area contributed by atoms with Crippen molar-refractivity contribution in [2.45, 2.75) is 38.7 Å². The average Bonchev–Trinajstić information content (AvgIpc) is 3.27. The van der Waals surface area contributed by atoms with Crippen LogP contribution in [-0.2, 0) is 35.4 Å². The number of ether oxygens (including phenoxy) is 1. The van der Waals surface area contributed by atoms with Crippen molar-refractivity contribution in [1.29, 1.82) is 0 Å². The highest BCUT2D eigenvalue weighted by atomic mass is 32.1. The number of fused-ring (bicyclic) bond motifs is 2. The Morgan fingerprint density at radius 1 is 1.20 bits per heavy atom. The number of esters is 1. The van der Waals surface area contributed by atoms with Gasteiger partial charge in [-0.3, -0.25) is 4.79 Å². The lowest BCUT2D eigenvalue weighted by molar-refractivity contribution is -0.144. The second kappa shape index (κ2) is 6.84. The maximum atomic E-state index is 12.0. The fourth-order valence-electron chi connectivity index (χ4n) is 3.33. The molecule has 0 saturated heterocycles. The van der Waals surface area contributed by atoms with Gasteiger partial charge in [0, 0.05) is 23.4 Å². The summed E-state index contributed by atoms with van der Waals surface area (Å²) in [6.45, 7) is 0.101. The van der Waals surface area contributed by atoms with Crippen molar-refractivity contribution in [3.05, 3.63) is 67.7 Å². The molecule has 0 spiro atoms. The molecule has 0 bridgehead atoms. The number of hydrogen-bond donors (Lipinski definition) is 0. The second-order valence-corrected chi connectivity index (χ2v) is 7.13. The van der Waals surface area contributed by atoms with E-state index in [1.54, 1.807) is 11.3 Å². The third-order valence-electron chi connectivity index (χ3n) is 4.63. The summed E-state index contributed by atoms with van der Waals surface area (Å²) in [5.41, 5.74) is 4.58. The van der Waals surface area contributed by atoms with Crippen molar-refractivity contribution in [3.8, 4) is 0 Å². The fourth-order valence-corrected chi connectivity index (χ4v) is 4.03. The van der Waals surface area contributed by atoms with Gasteiger partial charge in [-0.25, -0.2) is 4.79 Å². The number of carbonyl (C=O) groups excluding carboxylic acids is 1. The summed E-state index contributed by atoms with van der Waals surface area (Å²) in [6, 6.07) is 7.47. The van der Waals surface area contributed by atoms with Gasteiger partial charge in [0.25, 0.3) is 0 Å². The van der Waals surface area contributed by atoms with Gasteiger partial charge in [0.05, 0.1) is 0 Å². The lowest BCUT2D eigenvalue weighted by Crippen LogP contribution is -2.08. The average molecular weight is 354 g/mol. The number of aryl methyl sites for hydroxylation is 3. The Bertz CT molecular complexity index is 969. The molecule has 0 fully saturated rings. The van der Waals surface area contributed by atoms with Crippen molar-refractivity contribution in [2.24, 2.45) is 0 Å². The summed E-state index contributed by atoms with van der Waals surface area (Å²) >= 11 is 1.62. The molecule has 1 aliphatic rings. The standard InChI is InChI=1S/C20H18O4S/c21-19(5-4-13-6-7-25-12-13)23-11-16-10-20(22)24-18-9-15-3-1-2-14(15)8-17(16)18/h6-10,12H,1-5,11H2. The van der Waals surface area contributed by atoms with Crippen LogP contribution in [0.25, 0.3) is 11.0 Å². The van der Waals surface area contributed by atoms with Gasteiger partial charge in [0.2, 0.25) is 0 Å². The maximum Gasteiger partial charge on any atom is 0.336 e. The van der Waals surface area contributed by atoms with Gasteiger partial charge in [-0.05, 0) is 71.3 Å². The Hall–Kier alpha value is -2.40. The monoisotopic (exact) mass is 354 g/mol. The Morgan fingerprint density at radius 2 is 2.04 bits per heavy atom. The zero-order valence-electron chi connectivity index (χ0n) is 13.7. The van der Waals surface area contributed by atoms with Gasteiger partial charge in [-0.2, -0.15) is 11.3 Å². The topological polar surface area (TPSA) is 56.5 Å². The van der Waals surface area contributed by atoms with E-state index in [4.69, 9.17) is 9.15 Å². The molecule has 0 unspecified atom stereocenters. The second-order valence-electron chi connectivity index (χ2n) is 6.35. The quantitative estimate of drug-likeness (QED) is 0.513. The molecule has 5 heteroatoms. The van der Waals surface area contributed by atoms with Crippen LogP contribution in [0.15, 0.2) is 44.2 Å². The van der Waals surface area contributed by atoms with E-state index in [0.29, 0.717) is 24.0 Å². The van der Waals surface area contributed by atoms with Crippen LogP contribution in [0.2, 0.25) is 0 Å². The molecule has 0 atom stereocenters. The zero-order chi connectivity index (χ0) is 17.2. The van der Waals surface area contributed by atoms with Gasteiger partial charge in [0.1, 0.15) is 12.2 Å². The van der Waals surface area contributed by atoms with Crippen molar-refractivity contribution < 1.29 is 13.9 Å². The minimum Gasteiger partial charge on any atom is -0.461 e. The van der Waals surface area contributed by atoms with Crippen LogP contribution in [0, 0.1) is 0 Å². The van der Waals surface area contributed by atoms with Crippen molar-refractivity contribution in [2.75, 3.05) is 0 Å². The molecule has 1 aromatic carbocycles. The molecular weight excluding hydrogens is 336 g/mol. The summed E-state index contributed by atoms with van der Waals surface area (Å²) in [5.74, 6) is -0.256. The smallest absolute Gasteiger partial charge is 0.336 e. The van der Waals surface area contributed by atoms with Crippen LogP contribution >= 0.6 is 11.3 Å². The molecule has 0 amide bonds. The summed E-state index contributed by atoms with van der Waals surface area (Å²) in [7, 11) is 0. The molecule has 25 heavy (non-hydrogen) atoms. The third-order valence-corrected chi connectivity index (χ3v) is 5.36. The van der Waals surface area contributed by atoms with Crippen LogP contribution in [0.1, 0.15) is 35.1 Å². The van der Waals surface area contributed by atoms with E-state index in [1.165, 1.54) is 17.2 Å². The van der Waals surface area contributed by atoms with Gasteiger partial charge in [0.15, 0.2) is 0 Å². The lowest BCUT2D eigenvalue weighted by atomic mass is 10.0. The minimum absolute atomic E-state index is 0.101. The molecule has 2 aromatic heterocycles. The molecule has 0 radical (unpaired) electrons. The van der Waals surface area contributed by atoms with Crippen molar-refractivity contribution in [1.82, 2.24) is 0 Å². The van der Waals surface area contributed by atoms with Gasteiger partial charge < -0.3 is 9.15 Å². The Labute approximate surface area is 149 Å². The largest absolute Gasteiger partial charge is 0.461 e. The Morgan fingerprint density at radius 3 is 2.84 bits per heavy atom. The number of carbonyl (C=O) groups is 1. The number of thiophene rings is 1.